The van der Waals surface area contributed by atoms with E-state index in [-0.39, 0.29) is 0 Å². The van der Waals surface area contributed by atoms with Crippen LogP contribution in [0.2, 0.25) is 5.02 Å². The Kier molecular flexibility index (Phi) is 3.74. The maximum Gasteiger partial charge on any atom is 0.183 e. The van der Waals surface area contributed by atoms with E-state index in [1.807, 2.05) is 6.07 Å². The van der Waals surface area contributed by atoms with Crippen molar-refractivity contribution < 1.29 is 19.0 Å². The Bertz CT molecular complexity index is 431. The molecule has 1 aromatic rings. The van der Waals surface area contributed by atoms with Gasteiger partial charge in [0.25, 0.3) is 0 Å². The highest BCUT2D eigenvalue weighted by Crippen LogP contribution is 2.45. The lowest BCUT2D eigenvalue weighted by Crippen LogP contribution is -2.16. The van der Waals surface area contributed by atoms with Gasteiger partial charge in [-0.25, -0.2) is 0 Å². The number of fused-ring (bicyclic) bond motifs is 1. The fourth-order valence-corrected chi connectivity index (χ4v) is 2.15. The maximum absolute atomic E-state index is 10.4. The molecule has 17 heavy (non-hydrogen) atoms. The van der Waals surface area contributed by atoms with Crippen molar-refractivity contribution in [3.63, 3.8) is 0 Å². The van der Waals surface area contributed by atoms with Gasteiger partial charge in [0, 0.05) is 12.0 Å². The van der Waals surface area contributed by atoms with Crippen LogP contribution in [0.5, 0.6) is 17.2 Å². The van der Waals surface area contributed by atoms with Gasteiger partial charge in [0.05, 0.1) is 7.11 Å². The minimum absolute atomic E-state index is 0.408. The highest BCUT2D eigenvalue weighted by atomic mass is 35.5. The summed E-state index contributed by atoms with van der Waals surface area (Å²) in [5, 5.41) is 0.408. The van der Waals surface area contributed by atoms with Crippen LogP contribution in [-0.4, -0.2) is 26.6 Å². The summed E-state index contributed by atoms with van der Waals surface area (Å²) in [7, 11) is 1.54. The van der Waals surface area contributed by atoms with Crippen molar-refractivity contribution >= 4 is 17.9 Å². The lowest BCUT2D eigenvalue weighted by atomic mass is 10.1. The first-order chi connectivity index (χ1) is 8.27. The van der Waals surface area contributed by atoms with Crippen LogP contribution in [-0.2, 0) is 11.2 Å². The first kappa shape index (κ1) is 12.0. The van der Waals surface area contributed by atoms with Crippen molar-refractivity contribution in [3.8, 4) is 17.2 Å². The molecule has 0 atom stereocenters. The first-order valence-corrected chi connectivity index (χ1v) is 5.74. The molecule has 1 aromatic carbocycles. The smallest absolute Gasteiger partial charge is 0.183 e. The second-order valence-electron chi connectivity index (χ2n) is 3.61. The maximum atomic E-state index is 10.4. The Hall–Kier alpha value is -1.42. The number of benzene rings is 1. The molecule has 0 N–H and O–H groups in total. The summed E-state index contributed by atoms with van der Waals surface area (Å²) in [4.78, 5) is 10.4. The molecule has 5 heteroatoms. The zero-order valence-corrected chi connectivity index (χ0v) is 10.3. The van der Waals surface area contributed by atoms with Crippen molar-refractivity contribution in [2.75, 3.05) is 20.3 Å². The largest absolute Gasteiger partial charge is 0.495 e. The lowest BCUT2D eigenvalue weighted by molar-refractivity contribution is -0.107. The second-order valence-corrected chi connectivity index (χ2v) is 3.99. The standard InChI is InChI=1S/C12H13ClO4/c1-15-11-8(3-2-4-14)7-9-12(10(11)13)17-6-5-16-9/h4,7H,2-3,5-6H2,1H3. The highest BCUT2D eigenvalue weighted by molar-refractivity contribution is 6.34. The molecule has 92 valence electrons. The number of hydrogen-bond acceptors (Lipinski definition) is 4. The van der Waals surface area contributed by atoms with Crippen molar-refractivity contribution in [1.82, 2.24) is 0 Å². The fourth-order valence-electron chi connectivity index (χ4n) is 1.80. The predicted octanol–water partition coefficient (Wildman–Crippen LogP) is 2.25. The van der Waals surface area contributed by atoms with E-state index in [0.29, 0.717) is 48.3 Å². The molecular formula is C12H13ClO4. The highest BCUT2D eigenvalue weighted by Gasteiger charge is 2.22. The van der Waals surface area contributed by atoms with Gasteiger partial charge in [0.15, 0.2) is 11.5 Å². The number of aryl methyl sites for hydroxylation is 1. The number of carbonyl (C=O) groups excluding carboxylic acids is 1. The Morgan fingerprint density at radius 2 is 2.24 bits per heavy atom. The number of carbonyl (C=O) groups is 1. The molecule has 0 amide bonds. The van der Waals surface area contributed by atoms with E-state index in [4.69, 9.17) is 25.8 Å². The number of hydrogen-bond donors (Lipinski definition) is 0. The Morgan fingerprint density at radius 3 is 2.94 bits per heavy atom. The summed E-state index contributed by atoms with van der Waals surface area (Å²) in [6, 6.07) is 1.82. The van der Waals surface area contributed by atoms with E-state index in [2.05, 4.69) is 0 Å². The van der Waals surface area contributed by atoms with Gasteiger partial charge in [-0.1, -0.05) is 11.6 Å². The third-order valence-electron chi connectivity index (χ3n) is 2.54. The van der Waals surface area contributed by atoms with Crippen LogP contribution >= 0.6 is 11.6 Å². The molecule has 1 aliphatic heterocycles. The molecule has 0 aliphatic carbocycles. The molecule has 0 unspecified atom stereocenters. The van der Waals surface area contributed by atoms with Gasteiger partial charge in [0.1, 0.15) is 30.3 Å². The van der Waals surface area contributed by atoms with E-state index in [1.165, 1.54) is 0 Å². The molecule has 0 fully saturated rings. The van der Waals surface area contributed by atoms with Gasteiger partial charge in [-0.05, 0) is 12.5 Å². The first-order valence-electron chi connectivity index (χ1n) is 5.36. The quantitative estimate of drug-likeness (QED) is 0.775. The number of halogens is 1. The van der Waals surface area contributed by atoms with Crippen LogP contribution in [0.15, 0.2) is 6.07 Å². The third-order valence-corrected chi connectivity index (χ3v) is 2.89. The van der Waals surface area contributed by atoms with Crippen LogP contribution in [0.3, 0.4) is 0 Å². The van der Waals surface area contributed by atoms with Crippen LogP contribution < -0.4 is 14.2 Å². The molecule has 0 saturated carbocycles. The summed E-state index contributed by atoms with van der Waals surface area (Å²) >= 11 is 6.19. The van der Waals surface area contributed by atoms with Crippen LogP contribution in [0, 0.1) is 0 Å². The zero-order valence-electron chi connectivity index (χ0n) is 9.49. The number of rotatable bonds is 4. The SMILES string of the molecule is COc1c(CCC=O)cc2c(c1Cl)OCCO2. The van der Waals surface area contributed by atoms with E-state index in [9.17, 15) is 4.79 Å². The molecule has 0 saturated heterocycles. The van der Waals surface area contributed by atoms with Gasteiger partial charge in [0.2, 0.25) is 0 Å². The molecule has 0 radical (unpaired) electrons. The number of aldehydes is 1. The third kappa shape index (κ3) is 2.31. The van der Waals surface area contributed by atoms with Crippen molar-refractivity contribution in [2.24, 2.45) is 0 Å². The van der Waals surface area contributed by atoms with Gasteiger partial charge >= 0.3 is 0 Å². The average molecular weight is 257 g/mol. The molecule has 1 heterocycles. The summed E-state index contributed by atoms with van der Waals surface area (Å²) < 4.78 is 16.2. The number of ether oxygens (including phenoxy) is 3. The van der Waals surface area contributed by atoms with E-state index < -0.39 is 0 Å². The molecule has 2 rings (SSSR count). The Labute approximate surface area is 104 Å². The van der Waals surface area contributed by atoms with Gasteiger partial charge < -0.3 is 19.0 Å². The van der Waals surface area contributed by atoms with E-state index in [0.717, 1.165) is 11.8 Å². The molecule has 4 nitrogen and oxygen atoms in total. The summed E-state index contributed by atoms with van der Waals surface area (Å²) in [6.07, 6.45) is 1.86. The Balaban J connectivity index is 2.44. The molecule has 0 spiro atoms. The van der Waals surface area contributed by atoms with E-state index in [1.54, 1.807) is 7.11 Å². The van der Waals surface area contributed by atoms with Crippen LogP contribution in [0.4, 0.5) is 0 Å². The van der Waals surface area contributed by atoms with Crippen LogP contribution in [0.1, 0.15) is 12.0 Å². The zero-order chi connectivity index (χ0) is 12.3. The summed E-state index contributed by atoms with van der Waals surface area (Å²) in [5.41, 5.74) is 0.855. The lowest BCUT2D eigenvalue weighted by Gasteiger charge is -2.22. The minimum Gasteiger partial charge on any atom is -0.495 e. The van der Waals surface area contributed by atoms with E-state index >= 15 is 0 Å². The molecular weight excluding hydrogens is 244 g/mol. The molecule has 0 bridgehead atoms. The average Bonchev–Trinajstić information content (AvgIpc) is 2.36. The topological polar surface area (TPSA) is 44.8 Å². The summed E-state index contributed by atoms with van der Waals surface area (Å²) in [5.74, 6) is 1.69. The Morgan fingerprint density at radius 1 is 1.47 bits per heavy atom. The predicted molar refractivity (Wildman–Crippen MR) is 63.4 cm³/mol. The van der Waals surface area contributed by atoms with Gasteiger partial charge in [-0.15, -0.1) is 0 Å². The van der Waals surface area contributed by atoms with Crippen LogP contribution in [0.25, 0.3) is 0 Å². The van der Waals surface area contributed by atoms with Gasteiger partial charge in [-0.3, -0.25) is 0 Å². The molecule has 1 aliphatic rings. The van der Waals surface area contributed by atoms with Crippen molar-refractivity contribution in [3.05, 3.63) is 16.7 Å². The monoisotopic (exact) mass is 256 g/mol. The number of methoxy groups -OCH3 is 1. The van der Waals surface area contributed by atoms with Crippen molar-refractivity contribution in [1.29, 1.82) is 0 Å². The summed E-state index contributed by atoms with van der Waals surface area (Å²) in [6.45, 7) is 0.979. The fraction of sp³-hybridized carbons (Fsp3) is 0.417. The second kappa shape index (κ2) is 5.27. The van der Waals surface area contributed by atoms with Gasteiger partial charge in [-0.2, -0.15) is 0 Å². The van der Waals surface area contributed by atoms with Crippen molar-refractivity contribution in [2.45, 2.75) is 12.8 Å². The normalized spacial score (nSPS) is 13.3. The minimum atomic E-state index is 0.408. The molecule has 0 aromatic heterocycles.